The maximum atomic E-state index is 13.2. The van der Waals surface area contributed by atoms with Gasteiger partial charge in [-0.3, -0.25) is 9.69 Å². The fourth-order valence-electron chi connectivity index (χ4n) is 4.51. The van der Waals surface area contributed by atoms with Crippen LogP contribution < -0.4 is 4.74 Å². The molecule has 172 valence electrons. The molecule has 2 aliphatic rings. The van der Waals surface area contributed by atoms with Gasteiger partial charge in [0.25, 0.3) is 0 Å². The molecule has 2 aromatic carbocycles. The van der Waals surface area contributed by atoms with Gasteiger partial charge < -0.3 is 19.1 Å². The molecular formula is C26H34N2O4. The highest BCUT2D eigenvalue weighted by Crippen LogP contribution is 2.21. The molecule has 2 fully saturated rings. The van der Waals surface area contributed by atoms with Crippen molar-refractivity contribution in [3.63, 3.8) is 0 Å². The van der Waals surface area contributed by atoms with Crippen LogP contribution in [0.4, 0.5) is 0 Å². The molecule has 32 heavy (non-hydrogen) atoms. The molecule has 2 heterocycles. The van der Waals surface area contributed by atoms with E-state index in [4.69, 9.17) is 14.2 Å². The summed E-state index contributed by atoms with van der Waals surface area (Å²) in [4.78, 5) is 17.4. The van der Waals surface area contributed by atoms with Gasteiger partial charge in [0.15, 0.2) is 0 Å². The Hall–Kier alpha value is -2.41. The van der Waals surface area contributed by atoms with E-state index in [0.717, 1.165) is 56.0 Å². The first-order valence-corrected chi connectivity index (χ1v) is 11.6. The van der Waals surface area contributed by atoms with Crippen molar-refractivity contribution < 1.29 is 19.0 Å². The third-order valence-corrected chi connectivity index (χ3v) is 6.29. The van der Waals surface area contributed by atoms with Gasteiger partial charge in [-0.2, -0.15) is 0 Å². The zero-order chi connectivity index (χ0) is 22.2. The topological polar surface area (TPSA) is 51.2 Å². The van der Waals surface area contributed by atoms with E-state index in [9.17, 15) is 4.79 Å². The van der Waals surface area contributed by atoms with E-state index < -0.39 is 0 Å². The van der Waals surface area contributed by atoms with Crippen LogP contribution in [0.25, 0.3) is 0 Å². The van der Waals surface area contributed by atoms with Gasteiger partial charge in [0, 0.05) is 39.4 Å². The van der Waals surface area contributed by atoms with Gasteiger partial charge in [0.05, 0.1) is 26.4 Å². The summed E-state index contributed by atoms with van der Waals surface area (Å²) < 4.78 is 17.2. The first kappa shape index (κ1) is 22.8. The molecular weight excluding hydrogens is 404 g/mol. The second-order valence-electron chi connectivity index (χ2n) is 8.79. The summed E-state index contributed by atoms with van der Waals surface area (Å²) in [7, 11) is 1.68. The van der Waals surface area contributed by atoms with Gasteiger partial charge in [-0.15, -0.1) is 0 Å². The fraction of sp³-hybridized carbons (Fsp3) is 0.500. The summed E-state index contributed by atoms with van der Waals surface area (Å²) in [5.41, 5.74) is 2.29. The van der Waals surface area contributed by atoms with E-state index in [1.165, 1.54) is 0 Å². The number of hydrogen-bond donors (Lipinski definition) is 0. The van der Waals surface area contributed by atoms with Gasteiger partial charge >= 0.3 is 0 Å². The van der Waals surface area contributed by atoms with Gasteiger partial charge in [0.1, 0.15) is 5.75 Å². The number of amides is 1. The zero-order valence-electron chi connectivity index (χ0n) is 18.9. The SMILES string of the molecule is COc1cccc(CN2CC(=O)N(CC3CCOCC3)CC(OCc3ccccc3)C2)c1. The quantitative estimate of drug-likeness (QED) is 0.633. The van der Waals surface area contributed by atoms with Crippen LogP contribution in [0.5, 0.6) is 5.75 Å². The van der Waals surface area contributed by atoms with Gasteiger partial charge in [-0.05, 0) is 42.0 Å². The van der Waals surface area contributed by atoms with Crippen LogP contribution in [-0.4, -0.2) is 68.3 Å². The third-order valence-electron chi connectivity index (χ3n) is 6.29. The fourth-order valence-corrected chi connectivity index (χ4v) is 4.51. The summed E-state index contributed by atoms with van der Waals surface area (Å²) in [6.45, 7) is 5.39. The zero-order valence-corrected chi connectivity index (χ0v) is 18.9. The number of carbonyl (C=O) groups excluding carboxylic acids is 1. The first-order chi connectivity index (χ1) is 15.7. The molecule has 4 rings (SSSR count). The summed E-state index contributed by atoms with van der Waals surface area (Å²) >= 11 is 0. The van der Waals surface area contributed by atoms with Gasteiger partial charge in [-0.1, -0.05) is 42.5 Å². The number of rotatable bonds is 8. The smallest absolute Gasteiger partial charge is 0.236 e. The minimum absolute atomic E-state index is 0.0351. The Morgan fingerprint density at radius 3 is 2.56 bits per heavy atom. The molecule has 0 aliphatic carbocycles. The van der Waals surface area contributed by atoms with E-state index in [1.807, 2.05) is 41.3 Å². The Labute approximate surface area is 191 Å². The molecule has 0 radical (unpaired) electrons. The lowest BCUT2D eigenvalue weighted by molar-refractivity contribution is -0.133. The summed E-state index contributed by atoms with van der Waals surface area (Å²) in [6.07, 6.45) is 2.01. The Bertz CT molecular complexity index is 854. The molecule has 6 heteroatoms. The highest BCUT2D eigenvalue weighted by Gasteiger charge is 2.30. The lowest BCUT2D eigenvalue weighted by Crippen LogP contribution is -2.42. The van der Waals surface area contributed by atoms with Crippen molar-refractivity contribution in [1.29, 1.82) is 0 Å². The second-order valence-corrected chi connectivity index (χ2v) is 8.79. The molecule has 0 N–H and O–H groups in total. The molecule has 2 aromatic rings. The highest BCUT2D eigenvalue weighted by atomic mass is 16.5. The largest absolute Gasteiger partial charge is 0.497 e. The van der Waals surface area contributed by atoms with Gasteiger partial charge in [0.2, 0.25) is 5.91 Å². The maximum absolute atomic E-state index is 13.2. The minimum Gasteiger partial charge on any atom is -0.497 e. The standard InChI is InChI=1S/C26H34N2O4/c1-30-24-9-5-8-23(14-24)15-27-17-25(32-20-22-6-3-2-4-7-22)18-28(26(29)19-27)16-21-10-12-31-13-11-21/h2-9,14,21,25H,10-13,15-20H2,1H3. The molecule has 0 spiro atoms. The summed E-state index contributed by atoms with van der Waals surface area (Å²) in [6, 6.07) is 18.3. The number of methoxy groups -OCH3 is 1. The molecule has 0 aromatic heterocycles. The Kier molecular flexibility index (Phi) is 8.15. The van der Waals surface area contributed by atoms with Crippen molar-refractivity contribution in [2.45, 2.75) is 32.1 Å². The molecule has 2 saturated heterocycles. The van der Waals surface area contributed by atoms with Crippen molar-refractivity contribution >= 4 is 5.91 Å². The van der Waals surface area contributed by atoms with Crippen molar-refractivity contribution in [3.8, 4) is 5.75 Å². The van der Waals surface area contributed by atoms with Crippen LogP contribution in [0, 0.1) is 5.92 Å². The van der Waals surface area contributed by atoms with E-state index in [2.05, 4.69) is 23.1 Å². The molecule has 1 amide bonds. The predicted octanol–water partition coefficient (Wildman–Crippen LogP) is 3.35. The Morgan fingerprint density at radius 2 is 1.78 bits per heavy atom. The number of ether oxygens (including phenoxy) is 3. The van der Waals surface area contributed by atoms with E-state index in [-0.39, 0.29) is 12.0 Å². The normalized spacial score (nSPS) is 20.8. The molecule has 0 saturated carbocycles. The van der Waals surface area contributed by atoms with Crippen molar-refractivity contribution in [2.75, 3.05) is 46.5 Å². The van der Waals surface area contributed by atoms with Crippen LogP contribution >= 0.6 is 0 Å². The van der Waals surface area contributed by atoms with Crippen LogP contribution in [0.15, 0.2) is 54.6 Å². The van der Waals surface area contributed by atoms with Crippen LogP contribution in [0.1, 0.15) is 24.0 Å². The second kappa shape index (κ2) is 11.5. The van der Waals surface area contributed by atoms with Crippen molar-refractivity contribution in [3.05, 3.63) is 65.7 Å². The van der Waals surface area contributed by atoms with E-state index >= 15 is 0 Å². The van der Waals surface area contributed by atoms with Crippen LogP contribution in [-0.2, 0) is 27.4 Å². The van der Waals surface area contributed by atoms with Gasteiger partial charge in [-0.25, -0.2) is 0 Å². The third kappa shape index (κ3) is 6.55. The molecule has 2 aliphatic heterocycles. The minimum atomic E-state index is -0.0351. The number of carbonyl (C=O) groups is 1. The highest BCUT2D eigenvalue weighted by molar-refractivity contribution is 5.78. The molecule has 1 unspecified atom stereocenters. The average Bonchev–Trinajstić information content (AvgIpc) is 2.97. The van der Waals surface area contributed by atoms with E-state index in [1.54, 1.807) is 7.11 Å². The van der Waals surface area contributed by atoms with Crippen molar-refractivity contribution in [2.24, 2.45) is 5.92 Å². The summed E-state index contributed by atoms with van der Waals surface area (Å²) in [5.74, 6) is 1.53. The Morgan fingerprint density at radius 1 is 1.00 bits per heavy atom. The monoisotopic (exact) mass is 438 g/mol. The van der Waals surface area contributed by atoms with E-state index in [0.29, 0.717) is 32.2 Å². The summed E-state index contributed by atoms with van der Waals surface area (Å²) in [5, 5.41) is 0. The van der Waals surface area contributed by atoms with Crippen LogP contribution in [0.2, 0.25) is 0 Å². The van der Waals surface area contributed by atoms with Crippen LogP contribution in [0.3, 0.4) is 0 Å². The average molecular weight is 439 g/mol. The number of benzene rings is 2. The lowest BCUT2D eigenvalue weighted by Gasteiger charge is -2.30. The lowest BCUT2D eigenvalue weighted by atomic mass is 9.99. The predicted molar refractivity (Wildman–Crippen MR) is 123 cm³/mol. The molecule has 6 nitrogen and oxygen atoms in total. The first-order valence-electron chi connectivity index (χ1n) is 11.6. The van der Waals surface area contributed by atoms with Crippen molar-refractivity contribution in [1.82, 2.24) is 9.80 Å². The molecule has 1 atom stereocenters. The number of hydrogen-bond acceptors (Lipinski definition) is 5. The Balaban J connectivity index is 1.45. The maximum Gasteiger partial charge on any atom is 0.236 e. The molecule has 0 bridgehead atoms. The number of nitrogens with zero attached hydrogens (tertiary/aromatic N) is 2.